The molecule has 0 aliphatic rings. The van der Waals surface area contributed by atoms with Gasteiger partial charge in [0.2, 0.25) is 5.78 Å². The van der Waals surface area contributed by atoms with E-state index in [4.69, 9.17) is 16.3 Å². The van der Waals surface area contributed by atoms with Gasteiger partial charge in [0.05, 0.1) is 12.8 Å². The van der Waals surface area contributed by atoms with E-state index in [0.29, 0.717) is 28.6 Å². The Morgan fingerprint density at radius 3 is 2.35 bits per heavy atom. The summed E-state index contributed by atoms with van der Waals surface area (Å²) in [7, 11) is 1.64. The first-order valence-corrected chi connectivity index (χ1v) is 13.0. The standard InChI is InChI=1S/C32H26ClN5O2/c1-21-6-10-23(11-7-21)31(39)30-29(19-34)32(38(37-30)27-14-12-24(33)13-15-27)36-26-5-3-4-25(18-26)35-20-22-8-16-28(40-2)17-9-22/h3-18,35-36H,20H2,1-2H3. The van der Waals surface area contributed by atoms with Crippen LogP contribution in [-0.4, -0.2) is 22.7 Å². The summed E-state index contributed by atoms with van der Waals surface area (Å²) in [5, 5.41) is 22.1. The average Bonchev–Trinajstić information content (AvgIpc) is 3.34. The fraction of sp³-hybridized carbons (Fsp3) is 0.0938. The minimum absolute atomic E-state index is 0.0672. The first-order chi connectivity index (χ1) is 19.4. The molecule has 5 aromatic rings. The van der Waals surface area contributed by atoms with Gasteiger partial charge in [0.15, 0.2) is 11.5 Å². The van der Waals surface area contributed by atoms with Crippen molar-refractivity contribution >= 4 is 34.6 Å². The van der Waals surface area contributed by atoms with Crippen LogP contribution in [0.5, 0.6) is 5.75 Å². The number of nitrogens with one attached hydrogen (secondary N) is 2. The molecule has 0 spiro atoms. The van der Waals surface area contributed by atoms with E-state index in [9.17, 15) is 10.1 Å². The van der Waals surface area contributed by atoms with E-state index in [2.05, 4.69) is 21.8 Å². The lowest BCUT2D eigenvalue weighted by Gasteiger charge is -2.13. The van der Waals surface area contributed by atoms with Gasteiger partial charge in [-0.2, -0.15) is 10.4 Å². The van der Waals surface area contributed by atoms with Crippen molar-refractivity contribution in [2.24, 2.45) is 0 Å². The van der Waals surface area contributed by atoms with Crippen molar-refractivity contribution in [1.82, 2.24) is 9.78 Å². The Hall–Kier alpha value is -5.06. The SMILES string of the molecule is COc1ccc(CNc2cccc(Nc3c(C#N)c(C(=O)c4ccc(C)cc4)nn3-c3ccc(Cl)cc3)c2)cc1. The first kappa shape index (κ1) is 26.5. The molecular formula is C32H26ClN5O2. The molecule has 0 aliphatic carbocycles. The second-order valence-electron chi connectivity index (χ2n) is 9.17. The van der Waals surface area contributed by atoms with Crippen LogP contribution in [0, 0.1) is 18.3 Å². The number of methoxy groups -OCH3 is 1. The Bertz CT molecular complexity index is 1690. The summed E-state index contributed by atoms with van der Waals surface area (Å²) in [6, 6.07) is 32.0. The predicted molar refractivity (Wildman–Crippen MR) is 158 cm³/mol. The number of carbonyl (C=O) groups is 1. The molecule has 0 atom stereocenters. The summed E-state index contributed by atoms with van der Waals surface area (Å²) in [6.45, 7) is 2.57. The number of hydrogen-bond donors (Lipinski definition) is 2. The van der Waals surface area contributed by atoms with Crippen molar-refractivity contribution < 1.29 is 9.53 Å². The van der Waals surface area contributed by atoms with Gasteiger partial charge in [-0.05, 0) is 67.1 Å². The van der Waals surface area contributed by atoms with Gasteiger partial charge in [-0.25, -0.2) is 4.68 Å². The summed E-state index contributed by atoms with van der Waals surface area (Å²) in [6.07, 6.45) is 0. The summed E-state index contributed by atoms with van der Waals surface area (Å²) in [4.78, 5) is 13.5. The van der Waals surface area contributed by atoms with E-state index in [1.165, 1.54) is 0 Å². The van der Waals surface area contributed by atoms with E-state index in [1.807, 2.05) is 67.6 Å². The number of benzene rings is 4. The molecule has 0 unspecified atom stereocenters. The van der Waals surface area contributed by atoms with E-state index in [0.717, 1.165) is 28.3 Å². The van der Waals surface area contributed by atoms with Crippen LogP contribution in [0.25, 0.3) is 5.69 Å². The van der Waals surface area contributed by atoms with Gasteiger partial charge < -0.3 is 15.4 Å². The molecule has 0 saturated heterocycles. The number of aromatic nitrogens is 2. The zero-order valence-corrected chi connectivity index (χ0v) is 22.7. The number of nitriles is 1. The first-order valence-electron chi connectivity index (χ1n) is 12.6. The van der Waals surface area contributed by atoms with Crippen molar-refractivity contribution in [2.75, 3.05) is 17.7 Å². The van der Waals surface area contributed by atoms with Gasteiger partial charge in [0, 0.05) is 28.5 Å². The van der Waals surface area contributed by atoms with E-state index in [-0.39, 0.29) is 17.0 Å². The number of hydrogen-bond acceptors (Lipinski definition) is 6. The number of ether oxygens (including phenoxy) is 1. The van der Waals surface area contributed by atoms with Crippen LogP contribution in [0.1, 0.15) is 32.7 Å². The largest absolute Gasteiger partial charge is 0.497 e. The van der Waals surface area contributed by atoms with Gasteiger partial charge in [0.25, 0.3) is 0 Å². The highest BCUT2D eigenvalue weighted by molar-refractivity contribution is 6.30. The number of halogens is 1. The zero-order valence-electron chi connectivity index (χ0n) is 22.0. The molecule has 198 valence electrons. The summed E-state index contributed by atoms with van der Waals surface area (Å²) < 4.78 is 6.79. The van der Waals surface area contributed by atoms with Crippen LogP contribution in [0.15, 0.2) is 97.1 Å². The molecule has 8 heteroatoms. The fourth-order valence-electron chi connectivity index (χ4n) is 4.20. The summed E-state index contributed by atoms with van der Waals surface area (Å²) >= 11 is 6.12. The number of anilines is 3. The number of rotatable bonds is 9. The molecule has 0 saturated carbocycles. The fourth-order valence-corrected chi connectivity index (χ4v) is 4.33. The maximum atomic E-state index is 13.5. The van der Waals surface area contributed by atoms with Crippen molar-refractivity contribution in [3.05, 3.63) is 130 Å². The van der Waals surface area contributed by atoms with Crippen LogP contribution < -0.4 is 15.4 Å². The van der Waals surface area contributed by atoms with Crippen molar-refractivity contribution in [3.63, 3.8) is 0 Å². The highest BCUT2D eigenvalue weighted by Crippen LogP contribution is 2.30. The Kier molecular flexibility index (Phi) is 7.81. The molecule has 4 aromatic carbocycles. The minimum Gasteiger partial charge on any atom is -0.497 e. The second kappa shape index (κ2) is 11.8. The summed E-state index contributed by atoms with van der Waals surface area (Å²) in [5.74, 6) is 0.857. The number of nitrogens with zero attached hydrogens (tertiary/aromatic N) is 3. The molecule has 0 amide bonds. The molecule has 40 heavy (non-hydrogen) atoms. The molecule has 0 fully saturated rings. The maximum Gasteiger partial charge on any atom is 0.214 e. The second-order valence-corrected chi connectivity index (χ2v) is 9.61. The molecule has 0 aliphatic heterocycles. The lowest BCUT2D eigenvalue weighted by molar-refractivity contribution is 0.103. The van der Waals surface area contributed by atoms with Crippen LogP contribution >= 0.6 is 11.6 Å². The zero-order chi connectivity index (χ0) is 28.1. The van der Waals surface area contributed by atoms with Crippen LogP contribution in [-0.2, 0) is 6.54 Å². The van der Waals surface area contributed by atoms with E-state index in [1.54, 1.807) is 48.2 Å². The smallest absolute Gasteiger partial charge is 0.214 e. The van der Waals surface area contributed by atoms with Gasteiger partial charge in [0.1, 0.15) is 17.4 Å². The topological polar surface area (TPSA) is 92.0 Å². The third-order valence-electron chi connectivity index (χ3n) is 6.38. The third-order valence-corrected chi connectivity index (χ3v) is 6.63. The number of aryl methyl sites for hydroxylation is 1. The van der Waals surface area contributed by atoms with Crippen molar-refractivity contribution in [2.45, 2.75) is 13.5 Å². The third kappa shape index (κ3) is 5.83. The highest BCUT2D eigenvalue weighted by Gasteiger charge is 2.25. The van der Waals surface area contributed by atoms with Crippen molar-refractivity contribution in [3.8, 4) is 17.5 Å². The highest BCUT2D eigenvalue weighted by atomic mass is 35.5. The Balaban J connectivity index is 1.48. The molecule has 0 bridgehead atoms. The normalized spacial score (nSPS) is 10.6. The van der Waals surface area contributed by atoms with Crippen LogP contribution in [0.3, 0.4) is 0 Å². The molecular weight excluding hydrogens is 522 g/mol. The van der Waals surface area contributed by atoms with E-state index < -0.39 is 0 Å². The predicted octanol–water partition coefficient (Wildman–Crippen LogP) is 7.30. The van der Waals surface area contributed by atoms with Gasteiger partial charge >= 0.3 is 0 Å². The molecule has 1 aromatic heterocycles. The molecule has 1 heterocycles. The quantitative estimate of drug-likeness (QED) is 0.188. The lowest BCUT2D eigenvalue weighted by Crippen LogP contribution is -2.05. The van der Waals surface area contributed by atoms with Gasteiger partial charge in [-0.15, -0.1) is 0 Å². The Morgan fingerprint density at radius 1 is 0.975 bits per heavy atom. The average molecular weight is 548 g/mol. The van der Waals surface area contributed by atoms with Crippen LogP contribution in [0.4, 0.5) is 17.2 Å². The van der Waals surface area contributed by atoms with Crippen LogP contribution in [0.2, 0.25) is 5.02 Å². The van der Waals surface area contributed by atoms with Gasteiger partial charge in [-0.1, -0.05) is 59.6 Å². The minimum atomic E-state index is -0.331. The van der Waals surface area contributed by atoms with Crippen molar-refractivity contribution in [1.29, 1.82) is 5.26 Å². The Labute approximate surface area is 237 Å². The maximum absolute atomic E-state index is 13.5. The monoisotopic (exact) mass is 547 g/mol. The molecule has 7 nitrogen and oxygen atoms in total. The van der Waals surface area contributed by atoms with E-state index >= 15 is 0 Å². The summed E-state index contributed by atoms with van der Waals surface area (Å²) in [5.41, 5.74) is 5.07. The lowest BCUT2D eigenvalue weighted by atomic mass is 10.0. The molecule has 2 N–H and O–H groups in total. The molecule has 5 rings (SSSR count). The molecule has 0 radical (unpaired) electrons. The number of ketones is 1. The van der Waals surface area contributed by atoms with Gasteiger partial charge in [-0.3, -0.25) is 4.79 Å². The number of carbonyl (C=O) groups excluding carboxylic acids is 1. The Morgan fingerprint density at radius 2 is 1.68 bits per heavy atom.